The van der Waals surface area contributed by atoms with Crippen LogP contribution < -0.4 is 5.32 Å². The number of rotatable bonds is 1. The first-order valence-corrected chi connectivity index (χ1v) is 5.17. The van der Waals surface area contributed by atoms with Crippen molar-refractivity contribution in [2.75, 3.05) is 7.05 Å². The van der Waals surface area contributed by atoms with Gasteiger partial charge < -0.3 is 5.32 Å². The van der Waals surface area contributed by atoms with E-state index in [2.05, 4.69) is 12.2 Å². The average molecular weight is 214 g/mol. The summed E-state index contributed by atoms with van der Waals surface area (Å²) in [6, 6.07) is 3.82. The van der Waals surface area contributed by atoms with E-state index in [-0.39, 0.29) is 16.9 Å². The van der Waals surface area contributed by atoms with Gasteiger partial charge in [0.25, 0.3) is 0 Å². The second-order valence-corrected chi connectivity index (χ2v) is 4.28. The minimum atomic E-state index is -0.242. The summed E-state index contributed by atoms with van der Waals surface area (Å²) in [4.78, 5) is 0. The molecule has 0 radical (unpaired) electrons. The number of nitrogens with one attached hydrogen (secondary N) is 1. The summed E-state index contributed by atoms with van der Waals surface area (Å²) in [5, 5.41) is 3.44. The highest BCUT2D eigenvalue weighted by Gasteiger charge is 2.30. The van der Waals surface area contributed by atoms with Crippen molar-refractivity contribution in [3.8, 4) is 0 Å². The molecule has 0 amide bonds. The summed E-state index contributed by atoms with van der Waals surface area (Å²) in [5.41, 5.74) is 1.84. The lowest BCUT2D eigenvalue weighted by Gasteiger charge is -2.15. The number of hydrogen-bond acceptors (Lipinski definition) is 1. The first-order valence-electron chi connectivity index (χ1n) is 4.79. The smallest absolute Gasteiger partial charge is 0.145 e. The number of halogens is 2. The molecule has 0 fully saturated rings. The summed E-state index contributed by atoms with van der Waals surface area (Å²) in [5.74, 6) is 0.191. The fourth-order valence-electron chi connectivity index (χ4n) is 2.29. The number of fused-ring (bicyclic) bond motifs is 1. The second kappa shape index (κ2) is 3.52. The maximum atomic E-state index is 13.6. The summed E-state index contributed by atoms with van der Waals surface area (Å²) in [6.45, 7) is 2.12. The first kappa shape index (κ1) is 9.94. The Morgan fingerprint density at radius 2 is 2.21 bits per heavy atom. The molecular weight excluding hydrogens is 201 g/mol. The molecule has 14 heavy (non-hydrogen) atoms. The molecule has 2 rings (SSSR count). The topological polar surface area (TPSA) is 12.0 Å². The van der Waals surface area contributed by atoms with Crippen molar-refractivity contribution in [3.63, 3.8) is 0 Å². The van der Waals surface area contributed by atoms with Gasteiger partial charge >= 0.3 is 0 Å². The molecule has 0 saturated carbocycles. The van der Waals surface area contributed by atoms with Crippen LogP contribution in [0.2, 0.25) is 5.02 Å². The van der Waals surface area contributed by atoms with Gasteiger partial charge in [-0.2, -0.15) is 0 Å². The Bertz CT molecular complexity index is 365. The van der Waals surface area contributed by atoms with Crippen LogP contribution in [0.4, 0.5) is 4.39 Å². The zero-order chi connectivity index (χ0) is 10.3. The van der Waals surface area contributed by atoms with Crippen LogP contribution >= 0.6 is 11.6 Å². The highest BCUT2D eigenvalue weighted by atomic mass is 35.5. The standard InChI is InChI=1S/C11H13ClFN/c1-6-5-8-7(11(6)14-2)3-4-9(12)10(8)13/h3-4,6,11,14H,5H2,1-2H3. The molecule has 3 heteroatoms. The van der Waals surface area contributed by atoms with Crippen molar-refractivity contribution in [1.82, 2.24) is 5.32 Å². The van der Waals surface area contributed by atoms with Crippen LogP contribution in [0.15, 0.2) is 12.1 Å². The lowest BCUT2D eigenvalue weighted by atomic mass is 10.0. The molecule has 0 aliphatic heterocycles. The van der Waals surface area contributed by atoms with E-state index in [0.29, 0.717) is 5.92 Å². The van der Waals surface area contributed by atoms with Crippen LogP contribution in [0.3, 0.4) is 0 Å². The molecule has 2 atom stereocenters. The van der Waals surface area contributed by atoms with Crippen molar-refractivity contribution < 1.29 is 4.39 Å². The maximum absolute atomic E-state index is 13.6. The zero-order valence-corrected chi connectivity index (χ0v) is 9.03. The summed E-state index contributed by atoms with van der Waals surface area (Å²) in [7, 11) is 1.91. The fraction of sp³-hybridized carbons (Fsp3) is 0.455. The van der Waals surface area contributed by atoms with E-state index in [1.54, 1.807) is 6.07 Å². The van der Waals surface area contributed by atoms with Gasteiger partial charge in [0, 0.05) is 6.04 Å². The molecule has 0 heterocycles. The van der Waals surface area contributed by atoms with E-state index < -0.39 is 0 Å². The molecule has 76 valence electrons. The number of benzene rings is 1. The Kier molecular flexibility index (Phi) is 2.50. The minimum absolute atomic E-state index is 0.229. The lowest BCUT2D eigenvalue weighted by molar-refractivity contribution is 0.445. The van der Waals surface area contributed by atoms with Crippen LogP contribution in [-0.4, -0.2) is 7.05 Å². The van der Waals surface area contributed by atoms with Gasteiger partial charge in [-0.3, -0.25) is 0 Å². The maximum Gasteiger partial charge on any atom is 0.145 e. The summed E-state index contributed by atoms with van der Waals surface area (Å²) < 4.78 is 13.6. The van der Waals surface area contributed by atoms with Crippen LogP contribution in [0.5, 0.6) is 0 Å². The molecule has 0 bridgehead atoms. The van der Waals surface area contributed by atoms with Crippen molar-refractivity contribution in [3.05, 3.63) is 34.1 Å². The normalized spacial score (nSPS) is 25.1. The Labute approximate surface area is 88.3 Å². The molecule has 1 aromatic carbocycles. The van der Waals surface area contributed by atoms with Gasteiger partial charge in [0.05, 0.1) is 5.02 Å². The van der Waals surface area contributed by atoms with Gasteiger partial charge in [-0.1, -0.05) is 24.6 Å². The molecule has 1 N–H and O–H groups in total. The second-order valence-electron chi connectivity index (χ2n) is 3.88. The van der Waals surface area contributed by atoms with E-state index in [1.165, 1.54) is 0 Å². The van der Waals surface area contributed by atoms with Crippen LogP contribution in [0.1, 0.15) is 24.1 Å². The van der Waals surface area contributed by atoms with Crippen molar-refractivity contribution >= 4 is 11.6 Å². The molecule has 0 saturated heterocycles. The highest BCUT2D eigenvalue weighted by Crippen LogP contribution is 2.38. The molecular formula is C11H13ClFN. The molecule has 0 aromatic heterocycles. The molecule has 2 unspecified atom stereocenters. The average Bonchev–Trinajstić information content (AvgIpc) is 2.49. The highest BCUT2D eigenvalue weighted by molar-refractivity contribution is 6.30. The van der Waals surface area contributed by atoms with Gasteiger partial charge in [-0.05, 0) is 36.6 Å². The molecule has 1 nitrogen and oxygen atoms in total. The lowest BCUT2D eigenvalue weighted by Crippen LogP contribution is -2.19. The largest absolute Gasteiger partial charge is 0.313 e. The monoisotopic (exact) mass is 213 g/mol. The van der Waals surface area contributed by atoms with Gasteiger partial charge in [0.1, 0.15) is 5.82 Å². The third kappa shape index (κ3) is 1.33. The third-order valence-electron chi connectivity index (χ3n) is 2.97. The van der Waals surface area contributed by atoms with E-state index >= 15 is 0 Å². The van der Waals surface area contributed by atoms with E-state index in [4.69, 9.17) is 11.6 Å². The first-order chi connectivity index (χ1) is 6.65. The van der Waals surface area contributed by atoms with Crippen LogP contribution in [0, 0.1) is 11.7 Å². The van der Waals surface area contributed by atoms with Gasteiger partial charge in [-0.25, -0.2) is 4.39 Å². The van der Waals surface area contributed by atoms with E-state index in [0.717, 1.165) is 17.5 Å². The fourth-order valence-corrected chi connectivity index (χ4v) is 2.47. The van der Waals surface area contributed by atoms with E-state index in [1.807, 2.05) is 13.1 Å². The van der Waals surface area contributed by atoms with Crippen LogP contribution in [-0.2, 0) is 6.42 Å². The zero-order valence-electron chi connectivity index (χ0n) is 8.27. The SMILES string of the molecule is CNC1c2ccc(Cl)c(F)c2CC1C. The van der Waals surface area contributed by atoms with Crippen molar-refractivity contribution in [2.45, 2.75) is 19.4 Å². The molecule has 1 aliphatic carbocycles. The van der Waals surface area contributed by atoms with Gasteiger partial charge in [0.2, 0.25) is 0 Å². The van der Waals surface area contributed by atoms with E-state index in [9.17, 15) is 4.39 Å². The van der Waals surface area contributed by atoms with Crippen LogP contribution in [0.25, 0.3) is 0 Å². The Hall–Kier alpha value is -0.600. The summed E-state index contributed by atoms with van der Waals surface area (Å²) >= 11 is 5.74. The van der Waals surface area contributed by atoms with Crippen molar-refractivity contribution in [1.29, 1.82) is 0 Å². The predicted molar refractivity (Wildman–Crippen MR) is 56.1 cm³/mol. The van der Waals surface area contributed by atoms with Gasteiger partial charge in [0.15, 0.2) is 0 Å². The summed E-state index contributed by atoms with van der Waals surface area (Å²) in [6.07, 6.45) is 0.771. The molecule has 1 aromatic rings. The number of hydrogen-bond donors (Lipinski definition) is 1. The molecule has 1 aliphatic rings. The Morgan fingerprint density at radius 1 is 1.50 bits per heavy atom. The molecule has 0 spiro atoms. The quantitative estimate of drug-likeness (QED) is 0.757. The Morgan fingerprint density at radius 3 is 2.86 bits per heavy atom. The van der Waals surface area contributed by atoms with Crippen molar-refractivity contribution in [2.24, 2.45) is 5.92 Å². The third-order valence-corrected chi connectivity index (χ3v) is 3.27. The minimum Gasteiger partial charge on any atom is -0.313 e. The van der Waals surface area contributed by atoms with Gasteiger partial charge in [-0.15, -0.1) is 0 Å². The predicted octanol–water partition coefficient (Wildman–Crippen LogP) is 2.93. The Balaban J connectivity index is 2.52.